The van der Waals surface area contributed by atoms with Crippen molar-refractivity contribution in [2.75, 3.05) is 46.3 Å². The Balaban J connectivity index is 0.00000441. The van der Waals surface area contributed by atoms with Gasteiger partial charge in [0.1, 0.15) is 0 Å². The molecular weight excluding hydrogens is 393 g/mol. The van der Waals surface area contributed by atoms with Gasteiger partial charge in [0.25, 0.3) is 0 Å². The van der Waals surface area contributed by atoms with Crippen LogP contribution in [0.4, 0.5) is 0 Å². The molecule has 0 bridgehead atoms. The van der Waals surface area contributed by atoms with E-state index in [0.29, 0.717) is 13.0 Å². The maximum absolute atomic E-state index is 11.5. The number of nitrogens with one attached hydrogen (secondary N) is 3. The SMILES string of the molecule is CCCNC(=O)CCNC(=NC)NCCN1CCCCC1.I. The van der Waals surface area contributed by atoms with Gasteiger partial charge in [0, 0.05) is 39.6 Å². The number of carbonyl (C=O) groups excluding carboxylic acids is 1. The van der Waals surface area contributed by atoms with E-state index >= 15 is 0 Å². The summed E-state index contributed by atoms with van der Waals surface area (Å²) in [4.78, 5) is 18.1. The van der Waals surface area contributed by atoms with Crippen LogP contribution in [0.25, 0.3) is 0 Å². The van der Waals surface area contributed by atoms with Crippen molar-refractivity contribution in [2.24, 2.45) is 4.99 Å². The Morgan fingerprint density at radius 3 is 2.36 bits per heavy atom. The van der Waals surface area contributed by atoms with E-state index in [1.807, 2.05) is 6.92 Å². The molecule has 1 heterocycles. The van der Waals surface area contributed by atoms with Gasteiger partial charge in [-0.25, -0.2) is 0 Å². The van der Waals surface area contributed by atoms with Gasteiger partial charge < -0.3 is 20.9 Å². The van der Waals surface area contributed by atoms with Crippen LogP contribution in [0.5, 0.6) is 0 Å². The molecule has 0 aliphatic carbocycles. The number of guanidine groups is 1. The van der Waals surface area contributed by atoms with Crippen molar-refractivity contribution in [2.45, 2.75) is 39.0 Å². The lowest BCUT2D eigenvalue weighted by molar-refractivity contribution is -0.120. The minimum atomic E-state index is 0. The first-order valence-electron chi connectivity index (χ1n) is 8.19. The average molecular weight is 425 g/mol. The molecule has 0 aromatic rings. The average Bonchev–Trinajstić information content (AvgIpc) is 2.52. The fourth-order valence-electron chi connectivity index (χ4n) is 2.38. The third-order valence-corrected chi connectivity index (χ3v) is 3.61. The van der Waals surface area contributed by atoms with E-state index in [2.05, 4.69) is 25.8 Å². The van der Waals surface area contributed by atoms with Gasteiger partial charge in [-0.15, -0.1) is 24.0 Å². The topological polar surface area (TPSA) is 68.8 Å². The second-order valence-electron chi connectivity index (χ2n) is 5.43. The molecular formula is C15H32IN5O. The Morgan fingerprint density at radius 2 is 1.73 bits per heavy atom. The van der Waals surface area contributed by atoms with Crippen LogP contribution in [0.15, 0.2) is 4.99 Å². The number of likely N-dealkylation sites (tertiary alicyclic amines) is 1. The second-order valence-corrected chi connectivity index (χ2v) is 5.43. The predicted molar refractivity (Wildman–Crippen MR) is 103 cm³/mol. The summed E-state index contributed by atoms with van der Waals surface area (Å²) in [6.07, 6.45) is 5.46. The Kier molecular flexibility index (Phi) is 13.7. The smallest absolute Gasteiger partial charge is 0.221 e. The van der Waals surface area contributed by atoms with E-state index in [0.717, 1.165) is 32.0 Å². The summed E-state index contributed by atoms with van der Waals surface area (Å²) in [6.45, 7) is 7.78. The van der Waals surface area contributed by atoms with Crippen LogP contribution in [0.2, 0.25) is 0 Å². The maximum atomic E-state index is 11.5. The number of hydrogen-bond donors (Lipinski definition) is 3. The molecule has 6 nitrogen and oxygen atoms in total. The molecule has 0 saturated carbocycles. The molecule has 1 rings (SSSR count). The molecule has 0 spiro atoms. The second kappa shape index (κ2) is 14.0. The highest BCUT2D eigenvalue weighted by atomic mass is 127. The Morgan fingerprint density at radius 1 is 1.05 bits per heavy atom. The molecule has 1 saturated heterocycles. The van der Waals surface area contributed by atoms with Crippen LogP contribution in [0.3, 0.4) is 0 Å². The number of aliphatic imine (C=N–C) groups is 1. The largest absolute Gasteiger partial charge is 0.356 e. The highest BCUT2D eigenvalue weighted by molar-refractivity contribution is 14.0. The number of carbonyl (C=O) groups is 1. The number of piperidine rings is 1. The van der Waals surface area contributed by atoms with E-state index < -0.39 is 0 Å². The molecule has 1 aliphatic rings. The molecule has 3 N–H and O–H groups in total. The number of hydrogen-bond acceptors (Lipinski definition) is 3. The fourth-order valence-corrected chi connectivity index (χ4v) is 2.38. The molecule has 0 aromatic carbocycles. The summed E-state index contributed by atoms with van der Waals surface area (Å²) < 4.78 is 0. The first-order valence-corrected chi connectivity index (χ1v) is 8.19. The summed E-state index contributed by atoms with van der Waals surface area (Å²) in [5.41, 5.74) is 0. The quantitative estimate of drug-likeness (QED) is 0.310. The zero-order valence-electron chi connectivity index (χ0n) is 14.0. The van der Waals surface area contributed by atoms with Crippen LogP contribution < -0.4 is 16.0 Å². The number of amides is 1. The van der Waals surface area contributed by atoms with Gasteiger partial charge in [0.2, 0.25) is 5.91 Å². The van der Waals surface area contributed by atoms with Gasteiger partial charge in [0.05, 0.1) is 0 Å². The Bertz CT molecular complexity index is 319. The van der Waals surface area contributed by atoms with Crippen LogP contribution in [-0.4, -0.2) is 63.1 Å². The fraction of sp³-hybridized carbons (Fsp3) is 0.867. The van der Waals surface area contributed by atoms with E-state index in [1.54, 1.807) is 7.05 Å². The standard InChI is InChI=1S/C15H31N5O.HI/c1-3-8-17-14(21)7-9-18-15(16-2)19-10-13-20-11-5-4-6-12-20;/h3-13H2,1-2H3,(H,17,21)(H2,16,18,19);1H. The molecule has 7 heteroatoms. The van der Waals surface area contributed by atoms with Gasteiger partial charge in [0.15, 0.2) is 5.96 Å². The monoisotopic (exact) mass is 425 g/mol. The van der Waals surface area contributed by atoms with Crippen molar-refractivity contribution in [1.29, 1.82) is 0 Å². The van der Waals surface area contributed by atoms with E-state index in [1.165, 1.54) is 32.4 Å². The van der Waals surface area contributed by atoms with Crippen molar-refractivity contribution >= 4 is 35.8 Å². The zero-order chi connectivity index (χ0) is 15.3. The summed E-state index contributed by atoms with van der Waals surface area (Å²) in [5, 5.41) is 9.34. The lowest BCUT2D eigenvalue weighted by Gasteiger charge is -2.26. The number of nitrogens with zero attached hydrogens (tertiary/aromatic N) is 2. The summed E-state index contributed by atoms with van der Waals surface area (Å²) in [7, 11) is 1.76. The summed E-state index contributed by atoms with van der Waals surface area (Å²) >= 11 is 0. The van der Waals surface area contributed by atoms with Crippen LogP contribution in [-0.2, 0) is 4.79 Å². The Hall–Kier alpha value is -0.570. The molecule has 0 unspecified atom stereocenters. The van der Waals surface area contributed by atoms with Gasteiger partial charge in [-0.1, -0.05) is 13.3 Å². The highest BCUT2D eigenvalue weighted by Gasteiger charge is 2.09. The van der Waals surface area contributed by atoms with Gasteiger partial charge in [-0.3, -0.25) is 9.79 Å². The first kappa shape index (κ1) is 21.4. The number of halogens is 1. The molecule has 130 valence electrons. The third kappa shape index (κ3) is 10.2. The normalized spacial score (nSPS) is 15.8. The first-order chi connectivity index (χ1) is 10.3. The van der Waals surface area contributed by atoms with Gasteiger partial charge in [-0.05, 0) is 32.4 Å². The van der Waals surface area contributed by atoms with Gasteiger partial charge >= 0.3 is 0 Å². The maximum Gasteiger partial charge on any atom is 0.221 e. The summed E-state index contributed by atoms with van der Waals surface area (Å²) in [5.74, 6) is 0.864. The van der Waals surface area contributed by atoms with Crippen molar-refractivity contribution in [1.82, 2.24) is 20.9 Å². The molecule has 0 aromatic heterocycles. The lowest BCUT2D eigenvalue weighted by Crippen LogP contribution is -2.43. The predicted octanol–water partition coefficient (Wildman–Crippen LogP) is 1.17. The van der Waals surface area contributed by atoms with E-state index in [-0.39, 0.29) is 29.9 Å². The van der Waals surface area contributed by atoms with E-state index in [4.69, 9.17) is 0 Å². The van der Waals surface area contributed by atoms with E-state index in [9.17, 15) is 4.79 Å². The minimum absolute atomic E-state index is 0. The molecule has 0 radical (unpaired) electrons. The van der Waals surface area contributed by atoms with Crippen molar-refractivity contribution in [3.8, 4) is 0 Å². The van der Waals surface area contributed by atoms with Crippen molar-refractivity contribution in [3.05, 3.63) is 0 Å². The van der Waals surface area contributed by atoms with Crippen molar-refractivity contribution in [3.63, 3.8) is 0 Å². The molecule has 1 amide bonds. The highest BCUT2D eigenvalue weighted by Crippen LogP contribution is 2.07. The van der Waals surface area contributed by atoms with Crippen molar-refractivity contribution < 1.29 is 4.79 Å². The molecule has 0 atom stereocenters. The Labute approximate surface area is 151 Å². The lowest BCUT2D eigenvalue weighted by atomic mass is 10.1. The molecule has 1 fully saturated rings. The van der Waals surface area contributed by atoms with Crippen LogP contribution in [0.1, 0.15) is 39.0 Å². The van der Waals surface area contributed by atoms with Gasteiger partial charge in [-0.2, -0.15) is 0 Å². The summed E-state index contributed by atoms with van der Waals surface area (Å²) in [6, 6.07) is 0. The molecule has 22 heavy (non-hydrogen) atoms. The minimum Gasteiger partial charge on any atom is -0.356 e. The zero-order valence-corrected chi connectivity index (χ0v) is 16.3. The number of rotatable bonds is 8. The van der Waals surface area contributed by atoms with Crippen LogP contribution in [0, 0.1) is 0 Å². The third-order valence-electron chi connectivity index (χ3n) is 3.61. The molecule has 1 aliphatic heterocycles. The van der Waals surface area contributed by atoms with Crippen LogP contribution >= 0.6 is 24.0 Å².